The van der Waals surface area contributed by atoms with Gasteiger partial charge in [0.25, 0.3) is 5.91 Å². The van der Waals surface area contributed by atoms with Crippen molar-refractivity contribution >= 4 is 28.6 Å². The van der Waals surface area contributed by atoms with E-state index in [1.807, 2.05) is 55.6 Å². The fraction of sp³-hybridized carbons (Fsp3) is 0.111. The Labute approximate surface area is 182 Å². The zero-order valence-corrected chi connectivity index (χ0v) is 17.6. The second-order valence-corrected chi connectivity index (χ2v) is 7.71. The summed E-state index contributed by atoms with van der Waals surface area (Å²) in [6.45, 7) is 4.74. The number of fused-ring (bicyclic) bond motifs is 1. The van der Waals surface area contributed by atoms with Gasteiger partial charge in [0.2, 0.25) is 0 Å². The van der Waals surface area contributed by atoms with Gasteiger partial charge in [-0.25, -0.2) is 0 Å². The molecule has 0 bridgehead atoms. The summed E-state index contributed by atoms with van der Waals surface area (Å²) >= 11 is 0. The first-order chi connectivity index (χ1) is 15.0. The van der Waals surface area contributed by atoms with Gasteiger partial charge in [0, 0.05) is 34.9 Å². The lowest BCUT2D eigenvalue weighted by Gasteiger charge is -2.06. The molecule has 0 atom stereocenters. The van der Waals surface area contributed by atoms with Crippen LogP contribution in [0.3, 0.4) is 0 Å². The van der Waals surface area contributed by atoms with Gasteiger partial charge < -0.3 is 9.88 Å². The van der Waals surface area contributed by atoms with E-state index < -0.39 is 5.91 Å². The van der Waals surface area contributed by atoms with Crippen LogP contribution in [0.4, 0.5) is 5.69 Å². The third-order valence-electron chi connectivity index (χ3n) is 5.23. The Balaban J connectivity index is 1.67. The van der Waals surface area contributed by atoms with Crippen LogP contribution in [0.15, 0.2) is 84.6 Å². The van der Waals surface area contributed by atoms with Crippen molar-refractivity contribution in [2.75, 3.05) is 5.32 Å². The predicted molar refractivity (Wildman–Crippen MR) is 126 cm³/mol. The zero-order valence-electron chi connectivity index (χ0n) is 17.6. The van der Waals surface area contributed by atoms with Crippen molar-refractivity contribution in [1.29, 1.82) is 5.26 Å². The number of amides is 1. The van der Waals surface area contributed by atoms with Crippen molar-refractivity contribution < 1.29 is 4.79 Å². The Morgan fingerprint density at radius 2 is 1.77 bits per heavy atom. The molecular weight excluding hydrogens is 382 g/mol. The van der Waals surface area contributed by atoms with Crippen molar-refractivity contribution in [3.63, 3.8) is 0 Å². The largest absolute Gasteiger partial charge is 0.342 e. The molecule has 0 saturated heterocycles. The van der Waals surface area contributed by atoms with Gasteiger partial charge in [-0.1, -0.05) is 60.2 Å². The number of nitrogens with zero attached hydrogens (tertiary/aromatic N) is 2. The van der Waals surface area contributed by atoms with E-state index in [9.17, 15) is 10.1 Å². The average Bonchev–Trinajstić information content (AvgIpc) is 3.11. The lowest BCUT2D eigenvalue weighted by Crippen LogP contribution is -2.13. The molecule has 0 fully saturated rings. The molecule has 4 rings (SSSR count). The highest BCUT2D eigenvalue weighted by Gasteiger charge is 2.13. The number of aromatic nitrogens is 1. The van der Waals surface area contributed by atoms with Gasteiger partial charge in [-0.2, -0.15) is 5.26 Å². The topological polar surface area (TPSA) is 57.8 Å². The fourth-order valence-electron chi connectivity index (χ4n) is 3.64. The summed E-state index contributed by atoms with van der Waals surface area (Å²) in [6.07, 6.45) is 3.67. The molecule has 4 heteroatoms. The Morgan fingerprint density at radius 3 is 2.52 bits per heavy atom. The summed E-state index contributed by atoms with van der Waals surface area (Å²) in [5, 5.41) is 13.5. The van der Waals surface area contributed by atoms with Crippen LogP contribution in [0, 0.1) is 25.2 Å². The van der Waals surface area contributed by atoms with E-state index in [0.29, 0.717) is 12.2 Å². The molecule has 1 aromatic heterocycles. The van der Waals surface area contributed by atoms with Crippen molar-refractivity contribution in [2.45, 2.75) is 20.4 Å². The molecule has 31 heavy (non-hydrogen) atoms. The monoisotopic (exact) mass is 405 g/mol. The highest BCUT2D eigenvalue weighted by Crippen LogP contribution is 2.25. The third-order valence-corrected chi connectivity index (χ3v) is 5.23. The maximum atomic E-state index is 12.7. The summed E-state index contributed by atoms with van der Waals surface area (Å²) in [6, 6.07) is 26.1. The Bertz CT molecular complexity index is 1320. The molecule has 1 N–H and O–H groups in total. The Morgan fingerprint density at radius 1 is 1.00 bits per heavy atom. The van der Waals surface area contributed by atoms with Gasteiger partial charge in [0.15, 0.2) is 0 Å². The first-order valence-electron chi connectivity index (χ1n) is 10.2. The zero-order chi connectivity index (χ0) is 21.8. The molecule has 1 heterocycles. The van der Waals surface area contributed by atoms with Crippen molar-refractivity contribution in [2.24, 2.45) is 0 Å². The number of aryl methyl sites for hydroxylation is 2. The van der Waals surface area contributed by atoms with E-state index >= 15 is 0 Å². The predicted octanol–water partition coefficient (Wildman–Crippen LogP) is 5.85. The van der Waals surface area contributed by atoms with Gasteiger partial charge in [-0.15, -0.1) is 0 Å². The minimum Gasteiger partial charge on any atom is -0.342 e. The van der Waals surface area contributed by atoms with E-state index in [1.54, 1.807) is 6.08 Å². The van der Waals surface area contributed by atoms with Crippen LogP contribution in [-0.2, 0) is 11.3 Å². The van der Waals surface area contributed by atoms with Gasteiger partial charge in [0.1, 0.15) is 11.6 Å². The van der Waals surface area contributed by atoms with Crippen LogP contribution in [0.1, 0.15) is 22.3 Å². The number of para-hydroxylation sites is 1. The second kappa shape index (κ2) is 8.73. The summed E-state index contributed by atoms with van der Waals surface area (Å²) in [5.41, 5.74) is 6.11. The lowest BCUT2D eigenvalue weighted by atomic mass is 10.1. The molecule has 152 valence electrons. The average molecular weight is 406 g/mol. The summed E-state index contributed by atoms with van der Waals surface area (Å²) in [7, 11) is 0. The van der Waals surface area contributed by atoms with E-state index in [0.717, 1.165) is 22.0 Å². The first kappa shape index (κ1) is 20.2. The number of nitrogens with one attached hydrogen (secondary N) is 1. The highest BCUT2D eigenvalue weighted by atomic mass is 16.1. The molecule has 4 aromatic rings. The van der Waals surface area contributed by atoms with Crippen LogP contribution >= 0.6 is 0 Å². The van der Waals surface area contributed by atoms with Gasteiger partial charge in [-0.3, -0.25) is 4.79 Å². The Hall–Kier alpha value is -4.10. The van der Waals surface area contributed by atoms with E-state index in [1.165, 1.54) is 11.1 Å². The number of nitriles is 1. The quantitative estimate of drug-likeness (QED) is 0.334. The SMILES string of the molecule is Cc1ccc(Cn2cc(C=C(C#N)C(=O)Nc3cccc(C)c3)c3ccccc32)cc1. The molecule has 3 aromatic carbocycles. The maximum Gasteiger partial charge on any atom is 0.266 e. The molecule has 0 aliphatic heterocycles. The smallest absolute Gasteiger partial charge is 0.266 e. The Kier molecular flexibility index (Phi) is 5.68. The number of benzene rings is 3. The summed E-state index contributed by atoms with van der Waals surface area (Å²) in [4.78, 5) is 12.7. The number of carbonyl (C=O) groups excluding carboxylic acids is 1. The summed E-state index contributed by atoms with van der Waals surface area (Å²) in [5.74, 6) is -0.413. The number of hydrogen-bond acceptors (Lipinski definition) is 2. The number of carbonyl (C=O) groups is 1. The molecule has 4 nitrogen and oxygen atoms in total. The van der Waals surface area contributed by atoms with Crippen LogP contribution in [0.25, 0.3) is 17.0 Å². The van der Waals surface area contributed by atoms with Gasteiger partial charge >= 0.3 is 0 Å². The molecule has 0 aliphatic carbocycles. The van der Waals surface area contributed by atoms with Gasteiger partial charge in [-0.05, 0) is 49.2 Å². The van der Waals surface area contributed by atoms with Crippen LogP contribution in [0.2, 0.25) is 0 Å². The molecule has 0 aliphatic rings. The third kappa shape index (κ3) is 4.57. The normalized spacial score (nSPS) is 11.3. The minimum absolute atomic E-state index is 0.0692. The standard InChI is InChI=1S/C27H23N3O/c1-19-10-12-21(13-11-19)17-30-18-23(25-8-3-4-9-26(25)30)15-22(16-28)27(31)29-24-7-5-6-20(2)14-24/h3-15,18H,17H2,1-2H3,(H,29,31). The molecule has 0 radical (unpaired) electrons. The van der Waals surface area contributed by atoms with E-state index in [4.69, 9.17) is 0 Å². The maximum absolute atomic E-state index is 12.7. The summed E-state index contributed by atoms with van der Waals surface area (Å²) < 4.78 is 2.15. The van der Waals surface area contributed by atoms with Crippen LogP contribution in [0.5, 0.6) is 0 Å². The molecule has 0 spiro atoms. The van der Waals surface area contributed by atoms with Crippen LogP contribution < -0.4 is 5.32 Å². The number of hydrogen-bond donors (Lipinski definition) is 1. The van der Waals surface area contributed by atoms with Crippen molar-refractivity contribution in [3.8, 4) is 6.07 Å². The number of anilines is 1. The van der Waals surface area contributed by atoms with Gasteiger partial charge in [0.05, 0.1) is 0 Å². The second-order valence-electron chi connectivity index (χ2n) is 7.71. The van der Waals surface area contributed by atoms with Crippen molar-refractivity contribution in [3.05, 3.63) is 107 Å². The minimum atomic E-state index is -0.413. The lowest BCUT2D eigenvalue weighted by molar-refractivity contribution is -0.112. The highest BCUT2D eigenvalue weighted by molar-refractivity contribution is 6.10. The number of rotatable bonds is 5. The molecule has 0 saturated carbocycles. The van der Waals surface area contributed by atoms with Crippen molar-refractivity contribution in [1.82, 2.24) is 4.57 Å². The first-order valence-corrected chi connectivity index (χ1v) is 10.2. The van der Waals surface area contributed by atoms with E-state index in [2.05, 4.69) is 53.2 Å². The fourth-order valence-corrected chi connectivity index (χ4v) is 3.64. The van der Waals surface area contributed by atoms with Crippen LogP contribution in [-0.4, -0.2) is 10.5 Å². The molecular formula is C27H23N3O. The van der Waals surface area contributed by atoms with E-state index in [-0.39, 0.29) is 5.57 Å². The molecule has 0 unspecified atom stereocenters. The molecule has 1 amide bonds.